The van der Waals surface area contributed by atoms with Gasteiger partial charge >= 0.3 is 0 Å². The second kappa shape index (κ2) is 17.7. The molecule has 0 amide bonds. The zero-order valence-corrected chi connectivity index (χ0v) is 24.6. The number of hydrogen-bond donors (Lipinski definition) is 0. The molecular weight excluding hydrogens is 481 g/mol. The highest BCUT2D eigenvalue weighted by molar-refractivity contribution is 5.52. The van der Waals surface area contributed by atoms with Crippen molar-refractivity contribution in [1.29, 1.82) is 0 Å². The molecule has 0 aliphatic rings. The van der Waals surface area contributed by atoms with Crippen LogP contribution in [0.4, 0.5) is 13.2 Å². The first-order chi connectivity index (χ1) is 17.6. The summed E-state index contributed by atoms with van der Waals surface area (Å²) in [5, 5.41) is 0. The average molecular weight is 531 g/mol. The molecular formula is C34H49F3O. The van der Waals surface area contributed by atoms with Gasteiger partial charge in [-0.2, -0.15) is 4.39 Å². The molecule has 0 saturated carbocycles. The van der Waals surface area contributed by atoms with E-state index < -0.39 is 23.2 Å². The Morgan fingerprint density at radius 1 is 0.711 bits per heavy atom. The topological polar surface area (TPSA) is 9.23 Å². The fourth-order valence-corrected chi connectivity index (χ4v) is 3.52. The van der Waals surface area contributed by atoms with Crippen LogP contribution >= 0.6 is 0 Å². The second-order valence-electron chi connectivity index (χ2n) is 10.7. The van der Waals surface area contributed by atoms with E-state index in [0.29, 0.717) is 40.9 Å². The van der Waals surface area contributed by atoms with E-state index in [-0.39, 0.29) is 23.7 Å². The Balaban J connectivity index is 5.05. The molecule has 0 aromatic carbocycles. The Kier molecular flexibility index (Phi) is 16.4. The Hall–Kier alpha value is -2.75. The molecule has 4 heteroatoms. The van der Waals surface area contributed by atoms with Crippen LogP contribution in [0, 0.1) is 23.7 Å². The molecule has 0 radical (unpaired) electrons. The standard InChI is InChI=1S/C34H49F3O/c1-13-20-38-31(12)34(37)33(36)30(11)27(8)19-17-25(6)28(9)21-32(35)29(10)26(7)18-16-24(5)23(4)15-14-22(2)3/h17,19,21-24,26H,6,8-16,18,20H2,1-5,7H3/b19-17-,32-21+,34-33-. The average Bonchev–Trinajstić information content (AvgIpc) is 2.89. The van der Waals surface area contributed by atoms with Gasteiger partial charge in [0.25, 0.3) is 0 Å². The smallest absolute Gasteiger partial charge is 0.200 e. The lowest BCUT2D eigenvalue weighted by molar-refractivity contribution is 0.208. The lowest BCUT2D eigenvalue weighted by Gasteiger charge is -2.23. The summed E-state index contributed by atoms with van der Waals surface area (Å²) in [7, 11) is 0. The molecule has 1 nitrogen and oxygen atoms in total. The molecule has 0 heterocycles. The van der Waals surface area contributed by atoms with Gasteiger partial charge in [-0.1, -0.05) is 106 Å². The van der Waals surface area contributed by atoms with Crippen molar-refractivity contribution >= 4 is 0 Å². The van der Waals surface area contributed by atoms with Gasteiger partial charge in [-0.3, -0.25) is 0 Å². The molecule has 3 atom stereocenters. The van der Waals surface area contributed by atoms with E-state index in [1.165, 1.54) is 31.1 Å². The summed E-state index contributed by atoms with van der Waals surface area (Å²) >= 11 is 0. The molecule has 0 spiro atoms. The first-order valence-electron chi connectivity index (χ1n) is 13.5. The van der Waals surface area contributed by atoms with Crippen molar-refractivity contribution in [3.05, 3.63) is 109 Å². The highest BCUT2D eigenvalue weighted by Crippen LogP contribution is 2.31. The number of hydrogen-bond acceptors (Lipinski definition) is 1. The van der Waals surface area contributed by atoms with Crippen LogP contribution in [0.2, 0.25) is 0 Å². The van der Waals surface area contributed by atoms with E-state index >= 15 is 0 Å². The summed E-state index contributed by atoms with van der Waals surface area (Å²) in [6, 6.07) is 0. The monoisotopic (exact) mass is 530 g/mol. The maximum Gasteiger partial charge on any atom is 0.200 e. The van der Waals surface area contributed by atoms with Crippen LogP contribution in [0.3, 0.4) is 0 Å². The van der Waals surface area contributed by atoms with Crippen LogP contribution in [-0.2, 0) is 4.74 Å². The minimum atomic E-state index is -1.22. The van der Waals surface area contributed by atoms with Crippen molar-refractivity contribution in [3.8, 4) is 0 Å². The quantitative estimate of drug-likeness (QED) is 0.119. The van der Waals surface area contributed by atoms with Gasteiger partial charge in [0.15, 0.2) is 11.6 Å². The van der Waals surface area contributed by atoms with Crippen molar-refractivity contribution in [2.75, 3.05) is 6.61 Å². The second-order valence-corrected chi connectivity index (χ2v) is 10.7. The van der Waals surface area contributed by atoms with Crippen molar-refractivity contribution in [3.63, 3.8) is 0 Å². The van der Waals surface area contributed by atoms with Crippen LogP contribution in [-0.4, -0.2) is 6.61 Å². The molecule has 3 unspecified atom stereocenters. The minimum Gasteiger partial charge on any atom is -0.491 e. The third-order valence-electron chi connectivity index (χ3n) is 6.90. The van der Waals surface area contributed by atoms with Gasteiger partial charge in [0, 0.05) is 5.57 Å². The highest BCUT2D eigenvalue weighted by atomic mass is 19.2. The third-order valence-corrected chi connectivity index (χ3v) is 6.90. The number of halogens is 3. The SMILES string of the molecule is C=C(/C=C\C(=C)C(=C)/C(F)=C(/F)C(=C)OCCC)C(=C)/C=C(/F)C(=C)C(C)CCC(C)C(C)CCC(C)C. The highest BCUT2D eigenvalue weighted by Gasteiger charge is 2.18. The van der Waals surface area contributed by atoms with Crippen molar-refractivity contribution < 1.29 is 17.9 Å². The van der Waals surface area contributed by atoms with Crippen LogP contribution in [0.5, 0.6) is 0 Å². The lowest BCUT2D eigenvalue weighted by Crippen LogP contribution is -2.11. The first kappa shape index (κ1) is 35.2. The van der Waals surface area contributed by atoms with E-state index in [9.17, 15) is 13.2 Å². The molecule has 0 aromatic rings. The van der Waals surface area contributed by atoms with Gasteiger partial charge < -0.3 is 4.74 Å². The zero-order valence-electron chi connectivity index (χ0n) is 24.6. The first-order valence-corrected chi connectivity index (χ1v) is 13.5. The lowest BCUT2D eigenvalue weighted by atomic mass is 9.83. The molecule has 0 saturated heterocycles. The van der Waals surface area contributed by atoms with Crippen LogP contribution in [0.15, 0.2) is 109 Å². The van der Waals surface area contributed by atoms with Crippen molar-refractivity contribution in [2.45, 2.75) is 73.6 Å². The summed E-state index contributed by atoms with van der Waals surface area (Å²) in [5.74, 6) is -1.38. The van der Waals surface area contributed by atoms with Gasteiger partial charge in [0.2, 0.25) is 5.83 Å². The van der Waals surface area contributed by atoms with E-state index in [0.717, 1.165) is 12.8 Å². The number of ether oxygens (including phenoxy) is 1. The van der Waals surface area contributed by atoms with Gasteiger partial charge in [-0.05, 0) is 71.3 Å². The molecule has 0 aliphatic heterocycles. The van der Waals surface area contributed by atoms with Gasteiger partial charge in [-0.25, -0.2) is 8.78 Å². The fraction of sp³-hybridized carbons (Fsp3) is 0.471. The normalized spacial score (nSPS) is 15.1. The van der Waals surface area contributed by atoms with Gasteiger partial charge in [-0.15, -0.1) is 0 Å². The Labute approximate surface area is 230 Å². The summed E-state index contributed by atoms with van der Waals surface area (Å²) in [5.41, 5.74) is 1.02. The summed E-state index contributed by atoms with van der Waals surface area (Å²) in [6.07, 6.45) is 9.15. The van der Waals surface area contributed by atoms with E-state index in [2.05, 4.69) is 67.2 Å². The predicted octanol–water partition coefficient (Wildman–Crippen LogP) is 11.4. The zero-order chi connectivity index (χ0) is 29.6. The molecule has 0 bridgehead atoms. The number of allylic oxidation sites excluding steroid dienone is 11. The molecule has 0 N–H and O–H groups in total. The largest absolute Gasteiger partial charge is 0.491 e. The Morgan fingerprint density at radius 2 is 1.24 bits per heavy atom. The number of rotatable bonds is 19. The van der Waals surface area contributed by atoms with Crippen LogP contribution in [0.25, 0.3) is 0 Å². The maximum absolute atomic E-state index is 14.9. The molecule has 0 aliphatic carbocycles. The van der Waals surface area contributed by atoms with E-state index in [1.54, 1.807) is 0 Å². The molecule has 0 rings (SSSR count). The fourth-order valence-electron chi connectivity index (χ4n) is 3.52. The van der Waals surface area contributed by atoms with E-state index in [1.807, 2.05) is 13.8 Å². The molecule has 0 aromatic heterocycles. The van der Waals surface area contributed by atoms with Crippen molar-refractivity contribution in [1.82, 2.24) is 0 Å². The predicted molar refractivity (Wildman–Crippen MR) is 159 cm³/mol. The third kappa shape index (κ3) is 12.7. The summed E-state index contributed by atoms with van der Waals surface area (Å²) < 4.78 is 48.6. The van der Waals surface area contributed by atoms with E-state index in [4.69, 9.17) is 4.74 Å². The summed E-state index contributed by atoms with van der Waals surface area (Å²) in [4.78, 5) is 0. The van der Waals surface area contributed by atoms with Gasteiger partial charge in [0.05, 0.1) is 6.61 Å². The molecule has 0 fully saturated rings. The summed E-state index contributed by atoms with van der Waals surface area (Å²) in [6.45, 7) is 35.5. The minimum absolute atomic E-state index is 0.00794. The van der Waals surface area contributed by atoms with Crippen molar-refractivity contribution in [2.24, 2.45) is 23.7 Å². The molecule has 212 valence electrons. The Morgan fingerprint density at radius 3 is 1.76 bits per heavy atom. The van der Waals surface area contributed by atoms with Gasteiger partial charge in [0.1, 0.15) is 5.83 Å². The molecule has 38 heavy (non-hydrogen) atoms. The Bertz CT molecular complexity index is 974. The maximum atomic E-state index is 14.9. The van der Waals surface area contributed by atoms with Crippen LogP contribution in [0.1, 0.15) is 73.6 Å². The van der Waals surface area contributed by atoms with Crippen LogP contribution < -0.4 is 0 Å².